The van der Waals surface area contributed by atoms with Crippen molar-refractivity contribution in [3.8, 4) is 0 Å². The van der Waals surface area contributed by atoms with Crippen molar-refractivity contribution in [2.75, 3.05) is 0 Å². The summed E-state index contributed by atoms with van der Waals surface area (Å²) in [7, 11) is 0. The second kappa shape index (κ2) is 5.77. The van der Waals surface area contributed by atoms with Crippen LogP contribution in [0.15, 0.2) is 22.9 Å². The number of rotatable bonds is 4. The van der Waals surface area contributed by atoms with Gasteiger partial charge in [-0.1, -0.05) is 0 Å². The Morgan fingerprint density at radius 1 is 1.47 bits per heavy atom. The van der Waals surface area contributed by atoms with E-state index < -0.39 is 17.9 Å². The van der Waals surface area contributed by atoms with E-state index >= 15 is 0 Å². The minimum absolute atomic E-state index is 0.320. The second-order valence-electron chi connectivity index (χ2n) is 3.74. The van der Waals surface area contributed by atoms with E-state index in [4.69, 9.17) is 5.11 Å². The van der Waals surface area contributed by atoms with Gasteiger partial charge in [-0.05, 0) is 35.8 Å². The first-order chi connectivity index (χ1) is 7.93. The van der Waals surface area contributed by atoms with Gasteiger partial charge in [0, 0.05) is 22.9 Å². The molecular weight excluding hydrogens is 288 g/mol. The fourth-order valence-electron chi connectivity index (χ4n) is 1.18. The predicted octanol–water partition coefficient (Wildman–Crippen LogP) is 1.68. The molecule has 1 rings (SSSR count). The molecule has 0 saturated carbocycles. The number of pyridine rings is 1. The molecule has 0 bridgehead atoms. The minimum Gasteiger partial charge on any atom is -0.481 e. The molecule has 17 heavy (non-hydrogen) atoms. The SMILES string of the molecule is CC(NC(=O)c1ccncc1Br)C(C)C(=O)O. The van der Waals surface area contributed by atoms with Crippen LogP contribution in [-0.2, 0) is 4.79 Å². The van der Waals surface area contributed by atoms with E-state index in [1.165, 1.54) is 12.4 Å². The van der Waals surface area contributed by atoms with Gasteiger partial charge in [-0.2, -0.15) is 0 Å². The number of carboxylic acid groups (broad SMARTS) is 1. The Labute approximate surface area is 107 Å². The Hall–Kier alpha value is -1.43. The second-order valence-corrected chi connectivity index (χ2v) is 4.60. The van der Waals surface area contributed by atoms with Gasteiger partial charge in [0.15, 0.2) is 0 Å². The first-order valence-corrected chi connectivity index (χ1v) is 5.86. The normalized spacial score (nSPS) is 13.8. The largest absolute Gasteiger partial charge is 0.481 e. The van der Waals surface area contributed by atoms with Crippen LogP contribution in [0, 0.1) is 5.92 Å². The summed E-state index contributed by atoms with van der Waals surface area (Å²) in [4.78, 5) is 26.4. The van der Waals surface area contributed by atoms with Gasteiger partial charge in [0.25, 0.3) is 5.91 Å². The zero-order chi connectivity index (χ0) is 13.0. The summed E-state index contributed by atoms with van der Waals surface area (Å²) in [5.74, 6) is -1.90. The summed E-state index contributed by atoms with van der Waals surface area (Å²) in [6, 6.07) is 1.12. The van der Waals surface area contributed by atoms with Crippen LogP contribution in [0.4, 0.5) is 0 Å². The molecule has 2 N–H and O–H groups in total. The van der Waals surface area contributed by atoms with E-state index in [2.05, 4.69) is 26.2 Å². The number of nitrogens with one attached hydrogen (secondary N) is 1. The average molecular weight is 301 g/mol. The molecule has 1 aromatic rings. The van der Waals surface area contributed by atoms with Crippen LogP contribution < -0.4 is 5.32 Å². The van der Waals surface area contributed by atoms with E-state index in [1.807, 2.05) is 0 Å². The molecule has 6 heteroatoms. The molecule has 0 aliphatic rings. The Morgan fingerprint density at radius 2 is 2.12 bits per heavy atom. The molecule has 1 aromatic heterocycles. The Kier molecular flexibility index (Phi) is 4.62. The number of hydrogen-bond acceptors (Lipinski definition) is 3. The summed E-state index contributed by atoms with van der Waals surface area (Å²) < 4.78 is 0.577. The van der Waals surface area contributed by atoms with Crippen molar-refractivity contribution in [2.45, 2.75) is 19.9 Å². The maximum Gasteiger partial charge on any atom is 0.308 e. The van der Waals surface area contributed by atoms with Crippen molar-refractivity contribution in [1.29, 1.82) is 0 Å². The van der Waals surface area contributed by atoms with Crippen LogP contribution in [0.2, 0.25) is 0 Å². The predicted molar refractivity (Wildman–Crippen MR) is 65.7 cm³/mol. The van der Waals surface area contributed by atoms with Crippen molar-refractivity contribution in [1.82, 2.24) is 10.3 Å². The van der Waals surface area contributed by atoms with Crippen LogP contribution in [0.3, 0.4) is 0 Å². The summed E-state index contributed by atoms with van der Waals surface area (Å²) in [5.41, 5.74) is 0.435. The minimum atomic E-state index is -0.938. The first-order valence-electron chi connectivity index (χ1n) is 5.06. The van der Waals surface area contributed by atoms with Crippen LogP contribution in [0.5, 0.6) is 0 Å². The molecule has 0 radical (unpaired) electrons. The zero-order valence-electron chi connectivity index (χ0n) is 9.48. The zero-order valence-corrected chi connectivity index (χ0v) is 11.1. The number of hydrogen-bond donors (Lipinski definition) is 2. The molecular formula is C11H13BrN2O3. The van der Waals surface area contributed by atoms with E-state index in [1.54, 1.807) is 19.9 Å². The quantitative estimate of drug-likeness (QED) is 0.887. The summed E-state index contributed by atoms with van der Waals surface area (Å²) in [6.07, 6.45) is 3.02. The number of carbonyl (C=O) groups excluding carboxylic acids is 1. The number of nitrogens with zero attached hydrogens (tertiary/aromatic N) is 1. The van der Waals surface area contributed by atoms with E-state index in [0.717, 1.165) is 0 Å². The van der Waals surface area contributed by atoms with E-state index in [-0.39, 0.29) is 5.91 Å². The fraction of sp³-hybridized carbons (Fsp3) is 0.364. The van der Waals surface area contributed by atoms with Gasteiger partial charge in [0.2, 0.25) is 0 Å². The fourth-order valence-corrected chi connectivity index (χ4v) is 1.61. The summed E-state index contributed by atoms with van der Waals surface area (Å²) >= 11 is 3.21. The summed E-state index contributed by atoms with van der Waals surface area (Å²) in [6.45, 7) is 3.21. The van der Waals surface area contributed by atoms with Gasteiger partial charge in [-0.15, -0.1) is 0 Å². The highest BCUT2D eigenvalue weighted by Crippen LogP contribution is 2.14. The molecule has 0 aliphatic heterocycles. The van der Waals surface area contributed by atoms with Gasteiger partial charge in [0.1, 0.15) is 0 Å². The summed E-state index contributed by atoms with van der Waals surface area (Å²) in [5, 5.41) is 11.5. The monoisotopic (exact) mass is 300 g/mol. The van der Waals surface area contributed by atoms with E-state index in [0.29, 0.717) is 10.0 Å². The Morgan fingerprint density at radius 3 is 2.65 bits per heavy atom. The average Bonchev–Trinajstić information content (AvgIpc) is 2.28. The third kappa shape index (κ3) is 3.52. The van der Waals surface area contributed by atoms with Crippen molar-refractivity contribution < 1.29 is 14.7 Å². The molecule has 0 saturated heterocycles. The van der Waals surface area contributed by atoms with Crippen LogP contribution in [-0.4, -0.2) is 28.0 Å². The molecule has 1 amide bonds. The number of halogens is 1. The molecule has 5 nitrogen and oxygen atoms in total. The highest BCUT2D eigenvalue weighted by Gasteiger charge is 2.22. The van der Waals surface area contributed by atoms with Crippen molar-refractivity contribution in [3.05, 3.63) is 28.5 Å². The van der Waals surface area contributed by atoms with Gasteiger partial charge >= 0.3 is 5.97 Å². The molecule has 2 unspecified atom stereocenters. The van der Waals surface area contributed by atoms with Gasteiger partial charge in [0.05, 0.1) is 11.5 Å². The highest BCUT2D eigenvalue weighted by atomic mass is 79.9. The molecule has 0 aromatic carbocycles. The molecule has 0 aliphatic carbocycles. The number of amides is 1. The van der Waals surface area contributed by atoms with Crippen molar-refractivity contribution >= 4 is 27.8 Å². The van der Waals surface area contributed by atoms with E-state index in [9.17, 15) is 9.59 Å². The van der Waals surface area contributed by atoms with Crippen molar-refractivity contribution in [2.24, 2.45) is 5.92 Å². The lowest BCUT2D eigenvalue weighted by atomic mass is 10.0. The third-order valence-corrected chi connectivity index (χ3v) is 3.15. The van der Waals surface area contributed by atoms with Gasteiger partial charge in [-0.3, -0.25) is 14.6 Å². The molecule has 0 fully saturated rings. The van der Waals surface area contributed by atoms with Crippen LogP contribution in [0.1, 0.15) is 24.2 Å². The van der Waals surface area contributed by atoms with Gasteiger partial charge < -0.3 is 10.4 Å². The lowest BCUT2D eigenvalue weighted by molar-refractivity contribution is -0.141. The lowest BCUT2D eigenvalue weighted by Gasteiger charge is -2.18. The van der Waals surface area contributed by atoms with Crippen LogP contribution >= 0.6 is 15.9 Å². The van der Waals surface area contributed by atoms with Crippen LogP contribution in [0.25, 0.3) is 0 Å². The smallest absolute Gasteiger partial charge is 0.308 e. The van der Waals surface area contributed by atoms with Gasteiger partial charge in [-0.25, -0.2) is 0 Å². The topological polar surface area (TPSA) is 79.3 Å². The molecule has 0 spiro atoms. The number of aromatic nitrogens is 1. The maximum atomic E-state index is 11.8. The highest BCUT2D eigenvalue weighted by molar-refractivity contribution is 9.10. The molecule has 92 valence electrons. The number of aliphatic carboxylic acids is 1. The molecule has 1 heterocycles. The molecule has 2 atom stereocenters. The number of carbonyl (C=O) groups is 2. The standard InChI is InChI=1S/C11H13BrN2O3/c1-6(11(16)17)7(2)14-10(15)8-3-4-13-5-9(8)12/h3-7H,1-2H3,(H,14,15)(H,16,17). The Balaban J connectivity index is 2.74. The Bertz CT molecular complexity index is 436. The number of carboxylic acids is 1. The maximum absolute atomic E-state index is 11.8. The lowest BCUT2D eigenvalue weighted by Crippen LogP contribution is -2.40. The van der Waals surface area contributed by atoms with Crippen molar-refractivity contribution in [3.63, 3.8) is 0 Å². The first kappa shape index (κ1) is 13.6. The third-order valence-electron chi connectivity index (χ3n) is 2.52.